The van der Waals surface area contributed by atoms with Gasteiger partial charge in [0.05, 0.1) is 0 Å². The van der Waals surface area contributed by atoms with Gasteiger partial charge in [-0.15, -0.1) is 5.92 Å². The minimum Gasteiger partial charge on any atom is -0.481 e. The van der Waals surface area contributed by atoms with Crippen LogP contribution in [0.3, 0.4) is 0 Å². The van der Waals surface area contributed by atoms with Gasteiger partial charge in [-0.3, -0.25) is 4.79 Å². The number of hydrogen-bond acceptors (Lipinski definition) is 1. The van der Waals surface area contributed by atoms with Crippen molar-refractivity contribution in [2.24, 2.45) is 0 Å². The summed E-state index contributed by atoms with van der Waals surface area (Å²) >= 11 is 0. The van der Waals surface area contributed by atoms with Crippen molar-refractivity contribution < 1.29 is 9.90 Å². The van der Waals surface area contributed by atoms with Crippen LogP contribution in [0, 0.1) is 11.8 Å². The second-order valence-corrected chi connectivity index (χ2v) is 2.97. The fourth-order valence-electron chi connectivity index (χ4n) is 1.15. The van der Waals surface area contributed by atoms with Gasteiger partial charge in [0.2, 0.25) is 0 Å². The number of benzene rings is 1. The first-order valence-electron chi connectivity index (χ1n) is 4.46. The van der Waals surface area contributed by atoms with Crippen molar-refractivity contribution in [3.05, 3.63) is 35.4 Å². The van der Waals surface area contributed by atoms with Crippen LogP contribution in [0.1, 0.15) is 24.5 Å². The predicted molar refractivity (Wildman–Crippen MR) is 55.0 cm³/mol. The van der Waals surface area contributed by atoms with Gasteiger partial charge in [-0.2, -0.15) is 0 Å². The van der Waals surface area contributed by atoms with E-state index in [1.54, 1.807) is 6.92 Å². The lowest BCUT2D eigenvalue weighted by Crippen LogP contribution is -1.97. The summed E-state index contributed by atoms with van der Waals surface area (Å²) in [6.07, 6.45) is 0.758. The maximum absolute atomic E-state index is 10.3. The summed E-state index contributed by atoms with van der Waals surface area (Å²) in [7, 11) is 0. The third kappa shape index (κ3) is 3.32. The second kappa shape index (κ2) is 5.08. The SMILES string of the molecule is CC#Cc1ccc(CCC(=O)O)cc1. The van der Waals surface area contributed by atoms with Crippen molar-refractivity contribution >= 4 is 5.97 Å². The number of hydrogen-bond donors (Lipinski definition) is 1. The zero-order valence-electron chi connectivity index (χ0n) is 8.08. The highest BCUT2D eigenvalue weighted by Gasteiger charge is 1.98. The largest absolute Gasteiger partial charge is 0.481 e. The van der Waals surface area contributed by atoms with E-state index in [-0.39, 0.29) is 6.42 Å². The molecule has 1 aromatic carbocycles. The van der Waals surface area contributed by atoms with E-state index in [1.807, 2.05) is 24.3 Å². The van der Waals surface area contributed by atoms with Gasteiger partial charge in [0.1, 0.15) is 0 Å². The molecule has 2 nitrogen and oxygen atoms in total. The van der Waals surface area contributed by atoms with Gasteiger partial charge in [0, 0.05) is 12.0 Å². The number of aryl methyl sites for hydroxylation is 1. The van der Waals surface area contributed by atoms with Crippen LogP contribution in [-0.2, 0) is 11.2 Å². The highest BCUT2D eigenvalue weighted by molar-refractivity contribution is 5.67. The van der Waals surface area contributed by atoms with E-state index in [0.717, 1.165) is 11.1 Å². The van der Waals surface area contributed by atoms with Gasteiger partial charge in [-0.05, 0) is 31.0 Å². The molecule has 0 unspecified atom stereocenters. The Morgan fingerprint density at radius 2 is 2.00 bits per heavy atom. The lowest BCUT2D eigenvalue weighted by molar-refractivity contribution is -0.136. The first kappa shape index (κ1) is 10.3. The van der Waals surface area contributed by atoms with Crippen LogP contribution in [0.5, 0.6) is 0 Å². The van der Waals surface area contributed by atoms with Crippen LogP contribution in [0.2, 0.25) is 0 Å². The van der Waals surface area contributed by atoms with Crippen LogP contribution in [0.25, 0.3) is 0 Å². The van der Waals surface area contributed by atoms with Crippen molar-refractivity contribution in [3.8, 4) is 11.8 Å². The topological polar surface area (TPSA) is 37.3 Å². The van der Waals surface area contributed by atoms with E-state index < -0.39 is 5.97 Å². The summed E-state index contributed by atoms with van der Waals surface area (Å²) in [6.45, 7) is 1.79. The Balaban J connectivity index is 2.62. The van der Waals surface area contributed by atoms with Gasteiger partial charge in [0.15, 0.2) is 0 Å². The molecule has 0 heterocycles. The molecule has 0 amide bonds. The molecule has 0 bridgehead atoms. The van der Waals surface area contributed by atoms with Crippen molar-refractivity contribution in [2.45, 2.75) is 19.8 Å². The van der Waals surface area contributed by atoms with Gasteiger partial charge >= 0.3 is 5.97 Å². The maximum Gasteiger partial charge on any atom is 0.303 e. The Kier molecular flexibility index (Phi) is 3.75. The molecule has 0 spiro atoms. The predicted octanol–water partition coefficient (Wildman–Crippen LogP) is 2.08. The van der Waals surface area contributed by atoms with E-state index in [1.165, 1.54) is 0 Å². The Morgan fingerprint density at radius 3 is 2.50 bits per heavy atom. The summed E-state index contributed by atoms with van der Waals surface area (Å²) < 4.78 is 0. The normalized spacial score (nSPS) is 8.93. The van der Waals surface area contributed by atoms with Crippen LogP contribution >= 0.6 is 0 Å². The molecule has 0 atom stereocenters. The molecule has 0 fully saturated rings. The van der Waals surface area contributed by atoms with Crippen molar-refractivity contribution in [1.29, 1.82) is 0 Å². The molecule has 1 N–H and O–H groups in total. The lowest BCUT2D eigenvalue weighted by atomic mass is 10.1. The van der Waals surface area contributed by atoms with Crippen LogP contribution in [-0.4, -0.2) is 11.1 Å². The lowest BCUT2D eigenvalue weighted by Gasteiger charge is -1.98. The number of carbonyl (C=O) groups is 1. The van der Waals surface area contributed by atoms with Crippen LogP contribution in [0.4, 0.5) is 0 Å². The third-order valence-electron chi connectivity index (χ3n) is 1.85. The molecule has 0 aromatic heterocycles. The molecule has 0 saturated carbocycles. The molecule has 72 valence electrons. The minimum absolute atomic E-state index is 0.179. The van der Waals surface area contributed by atoms with E-state index in [9.17, 15) is 4.79 Å². The number of carboxylic acid groups (broad SMARTS) is 1. The zero-order valence-corrected chi connectivity index (χ0v) is 8.08. The minimum atomic E-state index is -0.762. The van der Waals surface area contributed by atoms with E-state index in [0.29, 0.717) is 6.42 Å². The summed E-state index contributed by atoms with van der Waals surface area (Å²) in [5, 5.41) is 8.49. The number of carboxylic acids is 1. The highest BCUT2D eigenvalue weighted by Crippen LogP contribution is 2.05. The summed E-state index contributed by atoms with van der Waals surface area (Å²) in [5.74, 6) is 4.98. The molecule has 14 heavy (non-hydrogen) atoms. The summed E-state index contributed by atoms with van der Waals surface area (Å²) in [6, 6.07) is 7.66. The quantitative estimate of drug-likeness (QED) is 0.737. The standard InChI is InChI=1S/C12H12O2/c1-2-3-10-4-6-11(7-5-10)8-9-12(13)14/h4-7H,8-9H2,1H3,(H,13,14). The fourth-order valence-corrected chi connectivity index (χ4v) is 1.15. The van der Waals surface area contributed by atoms with E-state index >= 15 is 0 Å². The molecule has 2 heteroatoms. The molecule has 1 aromatic rings. The fraction of sp³-hybridized carbons (Fsp3) is 0.250. The summed E-state index contributed by atoms with van der Waals surface area (Å²) in [4.78, 5) is 10.3. The van der Waals surface area contributed by atoms with Gasteiger partial charge in [0.25, 0.3) is 0 Å². The average Bonchev–Trinajstić information content (AvgIpc) is 2.17. The summed E-state index contributed by atoms with van der Waals surface area (Å²) in [5.41, 5.74) is 2.00. The first-order chi connectivity index (χ1) is 6.72. The Labute approximate surface area is 83.6 Å². The third-order valence-corrected chi connectivity index (χ3v) is 1.85. The molecule has 0 saturated heterocycles. The molecular weight excluding hydrogens is 176 g/mol. The zero-order chi connectivity index (χ0) is 10.4. The Hall–Kier alpha value is -1.75. The Morgan fingerprint density at radius 1 is 1.36 bits per heavy atom. The molecule has 1 rings (SSSR count). The van der Waals surface area contributed by atoms with Crippen LogP contribution in [0.15, 0.2) is 24.3 Å². The van der Waals surface area contributed by atoms with Crippen molar-refractivity contribution in [1.82, 2.24) is 0 Å². The molecule has 0 aliphatic carbocycles. The van der Waals surface area contributed by atoms with Crippen molar-refractivity contribution in [2.75, 3.05) is 0 Å². The van der Waals surface area contributed by atoms with E-state index in [4.69, 9.17) is 5.11 Å². The Bertz CT molecular complexity index is 366. The van der Waals surface area contributed by atoms with Gasteiger partial charge in [-0.1, -0.05) is 18.1 Å². The van der Waals surface area contributed by atoms with E-state index in [2.05, 4.69) is 11.8 Å². The molecule has 0 radical (unpaired) electrons. The molecular formula is C12H12O2. The highest BCUT2D eigenvalue weighted by atomic mass is 16.4. The number of rotatable bonds is 3. The number of aliphatic carboxylic acids is 1. The second-order valence-electron chi connectivity index (χ2n) is 2.97. The van der Waals surface area contributed by atoms with Gasteiger partial charge < -0.3 is 5.11 Å². The monoisotopic (exact) mass is 188 g/mol. The maximum atomic E-state index is 10.3. The smallest absolute Gasteiger partial charge is 0.303 e. The average molecular weight is 188 g/mol. The molecule has 0 aliphatic rings. The first-order valence-corrected chi connectivity index (χ1v) is 4.46. The van der Waals surface area contributed by atoms with Gasteiger partial charge in [-0.25, -0.2) is 0 Å². The van der Waals surface area contributed by atoms with Crippen molar-refractivity contribution in [3.63, 3.8) is 0 Å². The van der Waals surface area contributed by atoms with Crippen LogP contribution < -0.4 is 0 Å². The molecule has 0 aliphatic heterocycles.